The van der Waals surface area contributed by atoms with Gasteiger partial charge in [0.2, 0.25) is 11.8 Å². The second kappa shape index (κ2) is 4.08. The Balaban J connectivity index is 2.39. The number of phenolic OH excluding ortho intramolecular Hbond substituents is 1. The van der Waals surface area contributed by atoms with Crippen molar-refractivity contribution in [1.82, 2.24) is 0 Å². The van der Waals surface area contributed by atoms with Gasteiger partial charge < -0.3 is 5.11 Å². The first kappa shape index (κ1) is 12.5. The monoisotopic (exact) mass is 251 g/mol. The Labute approximate surface area is 104 Å². The molecular formula is C13H14FNO3. The Morgan fingerprint density at radius 2 is 1.78 bits per heavy atom. The van der Waals surface area contributed by atoms with E-state index in [0.717, 1.165) is 11.0 Å². The minimum absolute atomic E-state index is 0.0988. The van der Waals surface area contributed by atoms with E-state index in [2.05, 4.69) is 0 Å². The first-order chi connectivity index (χ1) is 8.30. The number of hydrogen-bond donors (Lipinski definition) is 1. The van der Waals surface area contributed by atoms with Crippen molar-refractivity contribution < 1.29 is 19.1 Å². The lowest BCUT2D eigenvalue weighted by Crippen LogP contribution is -2.46. The van der Waals surface area contributed by atoms with Crippen LogP contribution in [0.1, 0.15) is 26.7 Å². The van der Waals surface area contributed by atoms with Crippen LogP contribution in [-0.4, -0.2) is 16.9 Å². The second-order valence-corrected chi connectivity index (χ2v) is 5.28. The van der Waals surface area contributed by atoms with Gasteiger partial charge in [0.15, 0.2) is 5.82 Å². The molecule has 1 aliphatic rings. The van der Waals surface area contributed by atoms with Crippen LogP contribution in [0, 0.1) is 11.2 Å². The van der Waals surface area contributed by atoms with Crippen LogP contribution in [0.15, 0.2) is 18.2 Å². The van der Waals surface area contributed by atoms with Gasteiger partial charge in [-0.2, -0.15) is 0 Å². The molecule has 2 rings (SSSR count). The molecule has 0 atom stereocenters. The van der Waals surface area contributed by atoms with E-state index in [0.29, 0.717) is 0 Å². The van der Waals surface area contributed by atoms with Crippen molar-refractivity contribution in [3.05, 3.63) is 24.0 Å². The molecular weight excluding hydrogens is 237 g/mol. The van der Waals surface area contributed by atoms with Crippen LogP contribution >= 0.6 is 0 Å². The lowest BCUT2D eigenvalue weighted by molar-refractivity contribution is -0.132. The number of carbonyl (C=O) groups excluding carboxylic acids is 2. The van der Waals surface area contributed by atoms with Crippen molar-refractivity contribution in [2.24, 2.45) is 5.41 Å². The minimum Gasteiger partial charge on any atom is -0.508 e. The van der Waals surface area contributed by atoms with Crippen LogP contribution in [0.4, 0.5) is 10.1 Å². The zero-order chi connectivity index (χ0) is 13.5. The van der Waals surface area contributed by atoms with Crippen LogP contribution in [0.3, 0.4) is 0 Å². The average Bonchev–Trinajstić information content (AvgIpc) is 2.18. The number of aromatic hydroxyl groups is 1. The first-order valence-corrected chi connectivity index (χ1v) is 5.64. The molecule has 1 heterocycles. The highest BCUT2D eigenvalue weighted by Gasteiger charge is 2.39. The van der Waals surface area contributed by atoms with Crippen LogP contribution in [-0.2, 0) is 9.59 Å². The number of imide groups is 1. The molecule has 1 aliphatic heterocycles. The SMILES string of the molecule is CC1(C)CC(=O)N(c2ccc(O)cc2F)C(=O)C1. The highest BCUT2D eigenvalue weighted by Crippen LogP contribution is 2.35. The number of piperidine rings is 1. The number of carbonyl (C=O) groups is 2. The lowest BCUT2D eigenvalue weighted by atomic mass is 9.81. The van der Waals surface area contributed by atoms with Crippen LogP contribution < -0.4 is 4.90 Å². The maximum atomic E-state index is 13.7. The molecule has 1 saturated heterocycles. The summed E-state index contributed by atoms with van der Waals surface area (Å²) in [6.07, 6.45) is 0.387. The molecule has 2 amide bonds. The first-order valence-electron chi connectivity index (χ1n) is 5.64. The number of benzene rings is 1. The van der Waals surface area contributed by atoms with E-state index < -0.39 is 23.0 Å². The molecule has 0 saturated carbocycles. The predicted octanol–water partition coefficient (Wildman–Crippen LogP) is 2.21. The summed E-state index contributed by atoms with van der Waals surface area (Å²) in [5.74, 6) is -1.86. The number of nitrogens with zero attached hydrogens (tertiary/aromatic N) is 1. The predicted molar refractivity (Wildman–Crippen MR) is 63.6 cm³/mol. The van der Waals surface area contributed by atoms with Gasteiger partial charge in [-0.3, -0.25) is 9.59 Å². The number of amides is 2. The van der Waals surface area contributed by atoms with Gasteiger partial charge >= 0.3 is 0 Å². The quantitative estimate of drug-likeness (QED) is 0.778. The summed E-state index contributed by atoms with van der Waals surface area (Å²) in [6, 6.07) is 3.37. The number of halogens is 1. The second-order valence-electron chi connectivity index (χ2n) is 5.28. The molecule has 0 bridgehead atoms. The summed E-state index contributed by atoms with van der Waals surface area (Å²) in [5.41, 5.74) is -0.490. The molecule has 0 unspecified atom stereocenters. The number of anilines is 1. The molecule has 0 aliphatic carbocycles. The van der Waals surface area contributed by atoms with Gasteiger partial charge in [0.1, 0.15) is 5.75 Å². The van der Waals surface area contributed by atoms with Crippen molar-refractivity contribution in [3.8, 4) is 5.75 Å². The fraction of sp³-hybridized carbons (Fsp3) is 0.385. The number of rotatable bonds is 1. The molecule has 4 nitrogen and oxygen atoms in total. The van der Waals surface area contributed by atoms with Crippen LogP contribution in [0.25, 0.3) is 0 Å². The average molecular weight is 251 g/mol. The molecule has 5 heteroatoms. The summed E-state index contributed by atoms with van der Waals surface area (Å²) in [6.45, 7) is 3.65. The molecule has 1 fully saturated rings. The lowest BCUT2D eigenvalue weighted by Gasteiger charge is -2.34. The zero-order valence-corrected chi connectivity index (χ0v) is 10.2. The van der Waals surface area contributed by atoms with E-state index in [4.69, 9.17) is 5.11 Å². The van der Waals surface area contributed by atoms with E-state index in [1.807, 2.05) is 13.8 Å². The Hall–Kier alpha value is -1.91. The van der Waals surface area contributed by atoms with Crippen molar-refractivity contribution >= 4 is 17.5 Å². The molecule has 0 spiro atoms. The van der Waals surface area contributed by atoms with Gasteiger partial charge in [-0.05, 0) is 17.5 Å². The summed E-state index contributed by atoms with van der Waals surface area (Å²) >= 11 is 0. The highest BCUT2D eigenvalue weighted by atomic mass is 19.1. The topological polar surface area (TPSA) is 57.6 Å². The Morgan fingerprint density at radius 3 is 2.28 bits per heavy atom. The third kappa shape index (κ3) is 2.20. The molecule has 1 aromatic rings. The molecule has 1 aromatic carbocycles. The largest absolute Gasteiger partial charge is 0.508 e. The fourth-order valence-corrected chi connectivity index (χ4v) is 2.12. The Morgan fingerprint density at radius 1 is 1.22 bits per heavy atom. The number of hydrogen-bond acceptors (Lipinski definition) is 3. The van der Waals surface area contributed by atoms with Crippen LogP contribution in [0.5, 0.6) is 5.75 Å². The molecule has 0 radical (unpaired) electrons. The molecule has 0 aromatic heterocycles. The normalized spacial score (nSPS) is 19.2. The fourth-order valence-electron chi connectivity index (χ4n) is 2.12. The summed E-state index contributed by atoms with van der Waals surface area (Å²) in [4.78, 5) is 24.7. The summed E-state index contributed by atoms with van der Waals surface area (Å²) in [5, 5.41) is 9.12. The van der Waals surface area contributed by atoms with E-state index in [9.17, 15) is 14.0 Å². The van der Waals surface area contributed by atoms with E-state index >= 15 is 0 Å². The molecule has 1 N–H and O–H groups in total. The van der Waals surface area contributed by atoms with Gasteiger partial charge in [-0.1, -0.05) is 13.8 Å². The van der Waals surface area contributed by atoms with E-state index in [1.54, 1.807) is 0 Å². The smallest absolute Gasteiger partial charge is 0.234 e. The van der Waals surface area contributed by atoms with Gasteiger partial charge in [0, 0.05) is 18.9 Å². The van der Waals surface area contributed by atoms with Gasteiger partial charge in [0.25, 0.3) is 0 Å². The summed E-state index contributed by atoms with van der Waals surface area (Å²) < 4.78 is 13.7. The van der Waals surface area contributed by atoms with Crippen molar-refractivity contribution in [2.45, 2.75) is 26.7 Å². The zero-order valence-electron chi connectivity index (χ0n) is 10.2. The third-order valence-corrected chi connectivity index (χ3v) is 2.93. The van der Waals surface area contributed by atoms with E-state index in [1.165, 1.54) is 12.1 Å². The standard InChI is InChI=1S/C13H14FNO3/c1-13(2)6-11(17)15(12(18)7-13)10-4-3-8(16)5-9(10)14/h3-5,16H,6-7H2,1-2H3. The third-order valence-electron chi connectivity index (χ3n) is 2.93. The molecule has 96 valence electrons. The maximum absolute atomic E-state index is 13.7. The number of phenols is 1. The van der Waals surface area contributed by atoms with Crippen molar-refractivity contribution in [1.29, 1.82) is 0 Å². The van der Waals surface area contributed by atoms with Gasteiger partial charge in [0.05, 0.1) is 5.69 Å². The highest BCUT2D eigenvalue weighted by molar-refractivity contribution is 6.17. The van der Waals surface area contributed by atoms with E-state index in [-0.39, 0.29) is 24.3 Å². The van der Waals surface area contributed by atoms with Crippen molar-refractivity contribution in [3.63, 3.8) is 0 Å². The van der Waals surface area contributed by atoms with Gasteiger partial charge in [-0.25, -0.2) is 9.29 Å². The molecule has 18 heavy (non-hydrogen) atoms. The van der Waals surface area contributed by atoms with Gasteiger partial charge in [-0.15, -0.1) is 0 Å². The van der Waals surface area contributed by atoms with Crippen LogP contribution in [0.2, 0.25) is 0 Å². The maximum Gasteiger partial charge on any atom is 0.234 e. The minimum atomic E-state index is -0.781. The Bertz CT molecular complexity index is 505. The van der Waals surface area contributed by atoms with Crippen molar-refractivity contribution in [2.75, 3.05) is 4.90 Å². The summed E-state index contributed by atoms with van der Waals surface area (Å²) in [7, 11) is 0. The Kier molecular flexibility index (Phi) is 2.84.